The normalized spacial score (nSPS) is 12.7. The lowest BCUT2D eigenvalue weighted by Crippen LogP contribution is -2.30. The molecule has 0 radical (unpaired) electrons. The number of carbonyl (C=O) groups excluding carboxylic acids is 1. The van der Waals surface area contributed by atoms with E-state index in [-0.39, 0.29) is 0 Å². The van der Waals surface area contributed by atoms with E-state index in [0.29, 0.717) is 53.3 Å². The molecule has 3 heterocycles. The highest BCUT2D eigenvalue weighted by Crippen LogP contribution is 2.25. The fourth-order valence-electron chi connectivity index (χ4n) is 3.87. The Hall–Kier alpha value is -3.80. The van der Waals surface area contributed by atoms with Crippen molar-refractivity contribution in [1.29, 1.82) is 0 Å². The molecule has 0 bridgehead atoms. The number of hydrogen-bond donors (Lipinski definition) is 5. The molecule has 1 amide bonds. The summed E-state index contributed by atoms with van der Waals surface area (Å²) in [4.78, 5) is 21.1. The molecule has 0 spiro atoms. The van der Waals surface area contributed by atoms with Crippen LogP contribution in [0.25, 0.3) is 16.9 Å². The quantitative estimate of drug-likeness (QED) is 0.265. The van der Waals surface area contributed by atoms with Crippen LogP contribution in [0.3, 0.4) is 0 Å². The molecule has 32 heavy (non-hydrogen) atoms. The predicted molar refractivity (Wildman–Crippen MR) is 119 cm³/mol. The van der Waals surface area contributed by atoms with Crippen molar-refractivity contribution in [2.45, 2.75) is 19.6 Å². The smallest absolute Gasteiger partial charge is 0.423 e. The molecule has 11 heteroatoms. The number of anilines is 1. The van der Waals surface area contributed by atoms with Gasteiger partial charge in [0.25, 0.3) is 5.95 Å². The topological polar surface area (TPSA) is 151 Å². The van der Waals surface area contributed by atoms with Gasteiger partial charge in [-0.15, -0.1) is 0 Å². The molecule has 10 nitrogen and oxygen atoms in total. The maximum atomic E-state index is 11.8. The Bertz CT molecular complexity index is 1340. The summed E-state index contributed by atoms with van der Waals surface area (Å²) in [5.74, 6) is 0.526. The van der Waals surface area contributed by atoms with Gasteiger partial charge in [-0.2, -0.15) is 14.8 Å². The Labute approximate surface area is 183 Å². The van der Waals surface area contributed by atoms with Gasteiger partial charge in [-0.25, -0.2) is 4.98 Å². The number of benzene rings is 2. The molecule has 0 atom stereocenters. The molecule has 160 valence electrons. The Morgan fingerprint density at radius 3 is 2.84 bits per heavy atom. The number of nitrogens with two attached hydrogens (primary N) is 1. The maximum Gasteiger partial charge on any atom is 0.488 e. The second-order valence-electron chi connectivity index (χ2n) is 7.53. The van der Waals surface area contributed by atoms with Crippen molar-refractivity contribution in [1.82, 2.24) is 25.1 Å². The van der Waals surface area contributed by atoms with E-state index >= 15 is 0 Å². The van der Waals surface area contributed by atoms with E-state index in [2.05, 4.69) is 20.7 Å². The third-order valence-electron chi connectivity index (χ3n) is 5.45. The molecule has 0 aliphatic carbocycles. The first-order valence-corrected chi connectivity index (χ1v) is 10.1. The van der Waals surface area contributed by atoms with Crippen molar-refractivity contribution in [3.05, 3.63) is 71.0 Å². The zero-order valence-electron chi connectivity index (χ0n) is 17.0. The monoisotopic (exact) mass is 429 g/mol. The molecule has 0 saturated heterocycles. The molecule has 0 unspecified atom stereocenters. The SMILES string of the molecule is NC(=O)c1cccc2c1cnn2-c1nc2c(c(NCc3cccc(B(O)O)c3)n1)CNC2. The number of nitrogens with one attached hydrogen (secondary N) is 2. The van der Waals surface area contributed by atoms with Crippen LogP contribution in [0, 0.1) is 0 Å². The summed E-state index contributed by atoms with van der Waals surface area (Å²) in [5.41, 5.74) is 9.71. The van der Waals surface area contributed by atoms with Crippen molar-refractivity contribution in [2.24, 2.45) is 5.73 Å². The van der Waals surface area contributed by atoms with Crippen LogP contribution in [0.15, 0.2) is 48.7 Å². The number of aromatic nitrogens is 4. The summed E-state index contributed by atoms with van der Waals surface area (Å²) in [7, 11) is -1.52. The van der Waals surface area contributed by atoms with Crippen molar-refractivity contribution < 1.29 is 14.8 Å². The number of primary amides is 1. The summed E-state index contributed by atoms with van der Waals surface area (Å²) < 4.78 is 1.59. The molecular formula is C21H20BN7O3. The second-order valence-corrected chi connectivity index (χ2v) is 7.53. The number of hydrogen-bond acceptors (Lipinski definition) is 8. The number of carbonyl (C=O) groups is 1. The zero-order valence-corrected chi connectivity index (χ0v) is 17.0. The van der Waals surface area contributed by atoms with Gasteiger partial charge < -0.3 is 26.4 Å². The lowest BCUT2D eigenvalue weighted by molar-refractivity contribution is 0.100. The maximum absolute atomic E-state index is 11.8. The summed E-state index contributed by atoms with van der Waals surface area (Å²) in [6.45, 7) is 1.69. The summed E-state index contributed by atoms with van der Waals surface area (Å²) in [6.07, 6.45) is 1.59. The van der Waals surface area contributed by atoms with Gasteiger partial charge in [0.1, 0.15) is 5.82 Å². The van der Waals surface area contributed by atoms with Crippen molar-refractivity contribution in [3.63, 3.8) is 0 Å². The summed E-state index contributed by atoms with van der Waals surface area (Å²) in [6, 6.07) is 12.3. The summed E-state index contributed by atoms with van der Waals surface area (Å²) in [5, 5.41) is 30.5. The fraction of sp³-hybridized carbons (Fsp3) is 0.143. The van der Waals surface area contributed by atoms with Gasteiger partial charge in [-0.3, -0.25) is 4.79 Å². The third kappa shape index (κ3) is 3.58. The highest BCUT2D eigenvalue weighted by atomic mass is 16.4. The Balaban J connectivity index is 1.52. The molecule has 0 fully saturated rings. The zero-order chi connectivity index (χ0) is 22.2. The van der Waals surface area contributed by atoms with Crippen LogP contribution in [0.4, 0.5) is 5.82 Å². The number of fused-ring (bicyclic) bond motifs is 2. The first kappa shape index (κ1) is 20.1. The molecule has 1 aliphatic rings. The third-order valence-corrected chi connectivity index (χ3v) is 5.45. The van der Waals surface area contributed by atoms with Crippen LogP contribution in [0.1, 0.15) is 27.2 Å². The highest BCUT2D eigenvalue weighted by Gasteiger charge is 2.21. The van der Waals surface area contributed by atoms with Gasteiger partial charge in [0.2, 0.25) is 5.91 Å². The Morgan fingerprint density at radius 2 is 2.03 bits per heavy atom. The molecule has 2 aromatic carbocycles. The minimum atomic E-state index is -1.52. The number of nitrogens with zero attached hydrogens (tertiary/aromatic N) is 4. The van der Waals surface area contributed by atoms with Crippen molar-refractivity contribution in [2.75, 3.05) is 5.32 Å². The van der Waals surface area contributed by atoms with Gasteiger partial charge in [-0.1, -0.05) is 30.3 Å². The van der Waals surface area contributed by atoms with E-state index in [1.165, 1.54) is 0 Å². The van der Waals surface area contributed by atoms with Crippen LogP contribution < -0.4 is 21.8 Å². The van der Waals surface area contributed by atoms with Crippen LogP contribution in [-0.4, -0.2) is 42.8 Å². The largest absolute Gasteiger partial charge is 0.488 e. The average Bonchev–Trinajstić information content (AvgIpc) is 3.44. The van der Waals surface area contributed by atoms with Crippen molar-refractivity contribution >= 4 is 35.2 Å². The Kier molecular flexibility index (Phi) is 5.06. The van der Waals surface area contributed by atoms with Crippen LogP contribution in [-0.2, 0) is 19.6 Å². The molecule has 1 aliphatic heterocycles. The Morgan fingerprint density at radius 1 is 1.19 bits per heavy atom. The molecule has 5 rings (SSSR count). The molecule has 0 saturated carbocycles. The van der Waals surface area contributed by atoms with Gasteiger partial charge in [-0.05, 0) is 23.2 Å². The minimum Gasteiger partial charge on any atom is -0.423 e. The first-order chi connectivity index (χ1) is 15.5. The molecular weight excluding hydrogens is 409 g/mol. The van der Waals surface area contributed by atoms with Gasteiger partial charge in [0.05, 0.1) is 23.0 Å². The average molecular weight is 429 g/mol. The lowest BCUT2D eigenvalue weighted by atomic mass is 9.80. The lowest BCUT2D eigenvalue weighted by Gasteiger charge is -2.13. The minimum absolute atomic E-state index is 0.381. The summed E-state index contributed by atoms with van der Waals surface area (Å²) >= 11 is 0. The van der Waals surface area contributed by atoms with E-state index in [9.17, 15) is 14.8 Å². The van der Waals surface area contributed by atoms with E-state index in [0.717, 1.165) is 16.8 Å². The molecule has 4 aromatic rings. The van der Waals surface area contributed by atoms with E-state index in [4.69, 9.17) is 10.7 Å². The fourth-order valence-corrected chi connectivity index (χ4v) is 3.87. The standard InChI is InChI=1S/C21H20BN7O3/c23-19(30)14-5-2-6-18-15(14)10-26-29(18)21-27-17-11-24-9-16(17)20(28-21)25-8-12-3-1-4-13(7-12)22(31)32/h1-7,10,24,31-32H,8-9,11H2,(H2,23,30)(H,25,27,28). The van der Waals surface area contributed by atoms with Crippen LogP contribution >= 0.6 is 0 Å². The van der Waals surface area contributed by atoms with Gasteiger partial charge >= 0.3 is 7.12 Å². The van der Waals surface area contributed by atoms with E-state index < -0.39 is 13.0 Å². The van der Waals surface area contributed by atoms with Crippen molar-refractivity contribution in [3.8, 4) is 5.95 Å². The number of rotatable bonds is 6. The van der Waals surface area contributed by atoms with Crippen LogP contribution in [0.5, 0.6) is 0 Å². The number of amides is 1. The van der Waals surface area contributed by atoms with E-state index in [1.807, 2.05) is 12.1 Å². The van der Waals surface area contributed by atoms with Gasteiger partial charge in [0.15, 0.2) is 0 Å². The molecule has 6 N–H and O–H groups in total. The van der Waals surface area contributed by atoms with Gasteiger partial charge in [0, 0.05) is 30.6 Å². The first-order valence-electron chi connectivity index (χ1n) is 10.1. The second kappa shape index (κ2) is 8.04. The highest BCUT2D eigenvalue weighted by molar-refractivity contribution is 6.58. The predicted octanol–water partition coefficient (Wildman–Crippen LogP) is -0.191. The molecule has 2 aromatic heterocycles. The van der Waals surface area contributed by atoms with E-state index in [1.54, 1.807) is 41.2 Å². The van der Waals surface area contributed by atoms with Crippen LogP contribution in [0.2, 0.25) is 0 Å².